The van der Waals surface area contributed by atoms with Crippen LogP contribution in [0.2, 0.25) is 0 Å². The Morgan fingerprint density at radius 1 is 1.29 bits per heavy atom. The van der Waals surface area contributed by atoms with Gasteiger partial charge in [0.1, 0.15) is 5.75 Å². The number of hydrogen-bond acceptors (Lipinski definition) is 4. The summed E-state index contributed by atoms with van der Waals surface area (Å²) < 4.78 is 68.2. The van der Waals surface area contributed by atoms with Crippen molar-refractivity contribution in [2.24, 2.45) is 0 Å². The Labute approximate surface area is 120 Å². The summed E-state index contributed by atoms with van der Waals surface area (Å²) >= 11 is 0. The second-order valence-corrected chi connectivity index (χ2v) is 6.73. The van der Waals surface area contributed by atoms with Crippen molar-refractivity contribution in [2.75, 3.05) is 20.2 Å². The third-order valence-corrected chi connectivity index (χ3v) is 5.30. The summed E-state index contributed by atoms with van der Waals surface area (Å²) in [6.07, 6.45) is -5.54. The summed E-state index contributed by atoms with van der Waals surface area (Å²) in [5, 5.41) is 9.54. The van der Waals surface area contributed by atoms with Gasteiger partial charge in [0.05, 0.1) is 18.6 Å². The van der Waals surface area contributed by atoms with Crippen molar-refractivity contribution in [3.63, 3.8) is 0 Å². The highest BCUT2D eigenvalue weighted by Gasteiger charge is 2.58. The smallest absolute Gasteiger partial charge is 0.418 e. The Morgan fingerprint density at radius 2 is 1.86 bits per heavy atom. The van der Waals surface area contributed by atoms with Gasteiger partial charge in [-0.2, -0.15) is 17.5 Å². The van der Waals surface area contributed by atoms with Gasteiger partial charge in [-0.15, -0.1) is 0 Å². The number of aliphatic hydroxyl groups is 1. The average molecular weight is 325 g/mol. The Balaban J connectivity index is 2.25. The molecule has 0 spiro atoms. The van der Waals surface area contributed by atoms with E-state index in [9.17, 15) is 26.7 Å². The fraction of sp³-hybridized carbons (Fsp3) is 0.500. The predicted molar refractivity (Wildman–Crippen MR) is 67.4 cm³/mol. The molecule has 21 heavy (non-hydrogen) atoms. The van der Waals surface area contributed by atoms with Crippen LogP contribution in [0.5, 0.6) is 5.75 Å². The van der Waals surface area contributed by atoms with Crippen molar-refractivity contribution in [2.45, 2.75) is 23.1 Å². The molecule has 9 heteroatoms. The van der Waals surface area contributed by atoms with Gasteiger partial charge in [-0.25, -0.2) is 8.42 Å². The van der Waals surface area contributed by atoms with E-state index in [4.69, 9.17) is 4.74 Å². The highest BCUT2D eigenvalue weighted by Crippen LogP contribution is 2.39. The van der Waals surface area contributed by atoms with Gasteiger partial charge in [-0.05, 0) is 24.3 Å². The Kier molecular flexibility index (Phi) is 3.94. The zero-order chi connectivity index (χ0) is 15.9. The first-order chi connectivity index (χ1) is 9.60. The van der Waals surface area contributed by atoms with Crippen molar-refractivity contribution < 1.29 is 31.4 Å². The lowest BCUT2D eigenvalue weighted by Gasteiger charge is -2.25. The molecule has 0 saturated carbocycles. The summed E-state index contributed by atoms with van der Waals surface area (Å²) in [5.41, 5.74) is -2.99. The van der Waals surface area contributed by atoms with Crippen molar-refractivity contribution >= 4 is 10.0 Å². The lowest BCUT2D eigenvalue weighted by Crippen LogP contribution is -2.48. The molecule has 1 aliphatic heterocycles. The molecule has 0 amide bonds. The first-order valence-corrected chi connectivity index (χ1v) is 7.47. The Morgan fingerprint density at radius 3 is 2.29 bits per heavy atom. The fourth-order valence-corrected chi connectivity index (χ4v) is 3.59. The molecule has 1 saturated heterocycles. The number of hydrogen-bond donors (Lipinski definition) is 1. The van der Waals surface area contributed by atoms with Crippen LogP contribution in [0.1, 0.15) is 6.42 Å². The third kappa shape index (κ3) is 2.85. The maximum atomic E-state index is 12.7. The van der Waals surface area contributed by atoms with Crippen LogP contribution >= 0.6 is 0 Å². The molecular formula is C12H14F3NO4S. The first kappa shape index (κ1) is 16.1. The van der Waals surface area contributed by atoms with Crippen LogP contribution in [0.25, 0.3) is 0 Å². The van der Waals surface area contributed by atoms with Gasteiger partial charge in [0, 0.05) is 13.0 Å². The molecular weight excluding hydrogens is 311 g/mol. The van der Waals surface area contributed by atoms with Gasteiger partial charge in [0.2, 0.25) is 10.0 Å². The molecule has 1 heterocycles. The van der Waals surface area contributed by atoms with Gasteiger partial charge in [-0.3, -0.25) is 0 Å². The van der Waals surface area contributed by atoms with Crippen LogP contribution in [0.4, 0.5) is 13.2 Å². The van der Waals surface area contributed by atoms with Gasteiger partial charge < -0.3 is 9.84 Å². The number of methoxy groups -OCH3 is 1. The molecule has 1 N–H and O–H groups in total. The SMILES string of the molecule is COc1ccc(S(=O)(=O)N2CCC(O)(C(F)(F)F)C2)cc1. The van der Waals surface area contributed by atoms with E-state index >= 15 is 0 Å². The third-order valence-electron chi connectivity index (χ3n) is 3.44. The standard InChI is InChI=1S/C12H14F3NO4S/c1-20-9-2-4-10(5-3-9)21(18,19)16-7-6-11(17,8-16)12(13,14)15/h2-5,17H,6-8H2,1H3. The molecule has 1 aliphatic rings. The monoisotopic (exact) mass is 325 g/mol. The number of halogens is 3. The maximum absolute atomic E-state index is 12.7. The molecule has 0 bridgehead atoms. The molecule has 1 unspecified atom stereocenters. The molecule has 1 aromatic rings. The minimum absolute atomic E-state index is 0.144. The number of benzene rings is 1. The highest BCUT2D eigenvalue weighted by atomic mass is 32.2. The normalized spacial score (nSPS) is 24.2. The van der Waals surface area contributed by atoms with E-state index in [-0.39, 0.29) is 11.4 Å². The van der Waals surface area contributed by atoms with Gasteiger partial charge in [0.25, 0.3) is 0 Å². The molecule has 118 valence electrons. The lowest BCUT2D eigenvalue weighted by molar-refractivity contribution is -0.252. The summed E-state index contributed by atoms with van der Waals surface area (Å²) in [6, 6.07) is 5.30. The first-order valence-electron chi connectivity index (χ1n) is 6.03. The number of β-amino-alcohol motifs (C(OH)–C–C–N with tert-alkyl or cyclic N) is 1. The molecule has 5 nitrogen and oxygen atoms in total. The van der Waals surface area contributed by atoms with E-state index in [1.54, 1.807) is 0 Å². The van der Waals surface area contributed by atoms with Crippen LogP contribution in [0.3, 0.4) is 0 Å². The number of alkyl halides is 3. The van der Waals surface area contributed by atoms with Gasteiger partial charge in [-0.1, -0.05) is 0 Å². The second kappa shape index (κ2) is 5.15. The van der Waals surface area contributed by atoms with Crippen molar-refractivity contribution in [1.29, 1.82) is 0 Å². The fourth-order valence-electron chi connectivity index (χ4n) is 2.09. The van der Waals surface area contributed by atoms with Crippen molar-refractivity contribution in [3.05, 3.63) is 24.3 Å². The molecule has 1 aromatic carbocycles. The van der Waals surface area contributed by atoms with E-state index in [0.717, 1.165) is 0 Å². The largest absolute Gasteiger partial charge is 0.497 e. The summed E-state index contributed by atoms with van der Waals surface area (Å²) in [6.45, 7) is -1.38. The van der Waals surface area contributed by atoms with Crippen molar-refractivity contribution in [3.8, 4) is 5.75 Å². The van der Waals surface area contributed by atoms with Crippen LogP contribution in [0, 0.1) is 0 Å². The van der Waals surface area contributed by atoms with Crippen LogP contribution in [0.15, 0.2) is 29.2 Å². The molecule has 1 atom stereocenters. The highest BCUT2D eigenvalue weighted by molar-refractivity contribution is 7.89. The quantitative estimate of drug-likeness (QED) is 0.912. The Hall–Kier alpha value is -1.32. The minimum atomic E-state index is -4.86. The maximum Gasteiger partial charge on any atom is 0.418 e. The van der Waals surface area contributed by atoms with Gasteiger partial charge in [0.15, 0.2) is 5.60 Å². The molecule has 2 rings (SSSR count). The second-order valence-electron chi connectivity index (χ2n) is 4.79. The average Bonchev–Trinajstić information content (AvgIpc) is 2.83. The van der Waals surface area contributed by atoms with Crippen LogP contribution < -0.4 is 4.74 Å². The number of rotatable bonds is 3. The van der Waals surface area contributed by atoms with Crippen LogP contribution in [-0.2, 0) is 10.0 Å². The van der Waals surface area contributed by atoms with E-state index < -0.39 is 34.8 Å². The zero-order valence-electron chi connectivity index (χ0n) is 11.1. The summed E-state index contributed by atoms with van der Waals surface area (Å²) in [5.74, 6) is 0.433. The zero-order valence-corrected chi connectivity index (χ0v) is 11.9. The number of sulfonamides is 1. The number of nitrogens with zero attached hydrogens (tertiary/aromatic N) is 1. The topological polar surface area (TPSA) is 66.8 Å². The molecule has 0 aliphatic carbocycles. The van der Waals surface area contributed by atoms with E-state index in [0.29, 0.717) is 10.1 Å². The summed E-state index contributed by atoms with van der Waals surface area (Å²) in [7, 11) is -2.67. The van der Waals surface area contributed by atoms with Crippen molar-refractivity contribution in [1.82, 2.24) is 4.31 Å². The molecule has 0 aromatic heterocycles. The number of ether oxygens (including phenoxy) is 1. The summed E-state index contributed by atoms with van der Waals surface area (Å²) in [4.78, 5) is -0.144. The lowest BCUT2D eigenvalue weighted by atomic mass is 10.0. The minimum Gasteiger partial charge on any atom is -0.497 e. The predicted octanol–water partition coefficient (Wildman–Crippen LogP) is 1.38. The van der Waals surface area contributed by atoms with E-state index in [1.807, 2.05) is 0 Å². The van der Waals surface area contributed by atoms with E-state index in [2.05, 4.69) is 0 Å². The van der Waals surface area contributed by atoms with Crippen LogP contribution in [-0.4, -0.2) is 49.8 Å². The Bertz CT molecular complexity index is 614. The molecule has 0 radical (unpaired) electrons. The van der Waals surface area contributed by atoms with Gasteiger partial charge >= 0.3 is 6.18 Å². The van der Waals surface area contributed by atoms with E-state index in [1.165, 1.54) is 31.4 Å². The molecule has 1 fully saturated rings.